The minimum absolute atomic E-state index is 0.298. The Morgan fingerprint density at radius 3 is 2.73 bits per heavy atom. The number of aliphatic hydroxyl groups is 1. The highest BCUT2D eigenvalue weighted by molar-refractivity contribution is 5.94. The van der Waals surface area contributed by atoms with Gasteiger partial charge in [-0.3, -0.25) is 5.10 Å². The summed E-state index contributed by atoms with van der Waals surface area (Å²) in [5.41, 5.74) is 7.39. The van der Waals surface area contributed by atoms with E-state index < -0.39 is 0 Å². The lowest BCUT2D eigenvalue weighted by Crippen LogP contribution is -2.07. The predicted octanol–water partition coefficient (Wildman–Crippen LogP) is 3.48. The molecule has 3 heterocycles. The highest BCUT2D eigenvalue weighted by Crippen LogP contribution is 2.32. The summed E-state index contributed by atoms with van der Waals surface area (Å²) in [5, 5.41) is 28.7. The van der Waals surface area contributed by atoms with Gasteiger partial charge in [0.25, 0.3) is 0 Å². The van der Waals surface area contributed by atoms with Gasteiger partial charge in [-0.05, 0) is 52.9 Å². The van der Waals surface area contributed by atoms with Gasteiger partial charge in [0.15, 0.2) is 5.82 Å². The third-order valence-electron chi connectivity index (χ3n) is 5.30. The number of phenols is 1. The van der Waals surface area contributed by atoms with Crippen molar-refractivity contribution in [1.82, 2.24) is 25.5 Å². The van der Waals surface area contributed by atoms with Gasteiger partial charge >= 0.3 is 0 Å². The maximum absolute atomic E-state index is 9.76. The molecule has 7 nitrogen and oxygen atoms in total. The van der Waals surface area contributed by atoms with Crippen molar-refractivity contribution in [2.24, 2.45) is 0 Å². The fraction of sp³-hybridized carbons (Fsp3) is 0.217. The van der Waals surface area contributed by atoms with Crippen LogP contribution < -0.4 is 5.32 Å². The Kier molecular flexibility index (Phi) is 5.65. The topological polar surface area (TPSA) is 110 Å². The minimum Gasteiger partial charge on any atom is -0.508 e. The van der Waals surface area contributed by atoms with E-state index in [9.17, 15) is 5.11 Å². The van der Waals surface area contributed by atoms with Crippen LogP contribution in [-0.2, 0) is 6.42 Å². The largest absolute Gasteiger partial charge is 0.508 e. The number of hydrogen-bond acceptors (Lipinski definition) is 5. The van der Waals surface area contributed by atoms with Crippen molar-refractivity contribution in [3.63, 3.8) is 0 Å². The van der Waals surface area contributed by atoms with E-state index in [1.54, 1.807) is 6.07 Å². The molecule has 0 unspecified atom stereocenters. The second-order valence-electron chi connectivity index (χ2n) is 7.03. The number of hydrogen-bond donors (Lipinski definition) is 5. The Labute approximate surface area is 174 Å². The van der Waals surface area contributed by atoms with Gasteiger partial charge in [0.1, 0.15) is 11.4 Å². The first-order chi connectivity index (χ1) is 14.7. The number of phenolic OH excluding ortho intramolecular Hbond substituents is 1. The predicted molar refractivity (Wildman–Crippen MR) is 119 cm³/mol. The zero-order chi connectivity index (χ0) is 21.1. The third-order valence-corrected chi connectivity index (χ3v) is 5.30. The van der Waals surface area contributed by atoms with Crippen LogP contribution in [0.15, 0.2) is 48.7 Å². The molecule has 0 fully saturated rings. The number of aromatic nitrogens is 4. The number of H-pyrrole nitrogens is 2. The molecule has 0 spiro atoms. The number of benzene rings is 2. The van der Waals surface area contributed by atoms with Crippen molar-refractivity contribution in [3.05, 3.63) is 59.9 Å². The molecule has 2 aromatic heterocycles. The molecule has 5 rings (SSSR count). The molecule has 0 saturated carbocycles. The van der Waals surface area contributed by atoms with Crippen LogP contribution in [0.3, 0.4) is 0 Å². The summed E-state index contributed by atoms with van der Waals surface area (Å²) >= 11 is 0. The van der Waals surface area contributed by atoms with E-state index in [1.165, 1.54) is 5.57 Å². The van der Waals surface area contributed by atoms with Gasteiger partial charge < -0.3 is 20.5 Å². The molecule has 5 N–H and O–H groups in total. The van der Waals surface area contributed by atoms with E-state index in [2.05, 4.69) is 56.7 Å². The van der Waals surface area contributed by atoms with Gasteiger partial charge in [-0.1, -0.05) is 25.1 Å². The highest BCUT2D eigenvalue weighted by Gasteiger charge is 2.15. The fourth-order valence-electron chi connectivity index (χ4n) is 3.81. The van der Waals surface area contributed by atoms with E-state index in [1.807, 2.05) is 18.3 Å². The lowest BCUT2D eigenvalue weighted by molar-refractivity contribution is 0.399. The summed E-state index contributed by atoms with van der Waals surface area (Å²) in [7, 11) is 1.00. The first kappa shape index (κ1) is 19.9. The van der Waals surface area contributed by atoms with E-state index in [4.69, 9.17) is 5.11 Å². The van der Waals surface area contributed by atoms with Crippen LogP contribution in [0.25, 0.3) is 39.1 Å². The number of aliphatic hydroxyl groups excluding tert-OH is 1. The number of nitrogens with one attached hydrogen (secondary N) is 3. The van der Waals surface area contributed by atoms with Gasteiger partial charge in [0.2, 0.25) is 0 Å². The molecule has 0 radical (unpaired) electrons. The van der Waals surface area contributed by atoms with Gasteiger partial charge in [-0.15, -0.1) is 0 Å². The van der Waals surface area contributed by atoms with Gasteiger partial charge in [-0.2, -0.15) is 5.10 Å². The summed E-state index contributed by atoms with van der Waals surface area (Å²) in [6.07, 6.45) is 4.90. The first-order valence-electron chi connectivity index (χ1n) is 9.93. The minimum atomic E-state index is 0.298. The molecule has 2 aromatic carbocycles. The molecule has 30 heavy (non-hydrogen) atoms. The van der Waals surface area contributed by atoms with Crippen molar-refractivity contribution in [3.8, 4) is 28.4 Å². The van der Waals surface area contributed by atoms with E-state index in [0.29, 0.717) is 5.75 Å². The summed E-state index contributed by atoms with van der Waals surface area (Å²) in [6, 6.07) is 11.8. The highest BCUT2D eigenvalue weighted by atomic mass is 16.3. The van der Waals surface area contributed by atoms with Crippen LogP contribution in [0, 0.1) is 0 Å². The molecule has 4 aromatic rings. The standard InChI is InChI=1S/C22H21N5O.CH4O/c1-2-13-9-16(28)4-6-17(13)14-3-5-18-19(10-14)26-27-21(18)22-24-12-20(25-22)15-7-8-23-11-15;1-2/h3-7,9-10,12,23,28H,2,8,11H2,1H3,(H,24,25)(H,26,27);2H,1H3. The molecule has 0 amide bonds. The van der Waals surface area contributed by atoms with Gasteiger partial charge in [-0.25, -0.2) is 4.98 Å². The average molecular weight is 403 g/mol. The maximum atomic E-state index is 9.76. The van der Waals surface area contributed by atoms with Crippen LogP contribution in [0.2, 0.25) is 0 Å². The number of imidazole rings is 1. The smallest absolute Gasteiger partial charge is 0.159 e. The summed E-state index contributed by atoms with van der Waals surface area (Å²) in [6.45, 7) is 3.85. The van der Waals surface area contributed by atoms with Crippen molar-refractivity contribution in [2.75, 3.05) is 20.2 Å². The Hall–Kier alpha value is -3.42. The number of aryl methyl sites for hydroxylation is 1. The van der Waals surface area contributed by atoms with Crippen LogP contribution >= 0.6 is 0 Å². The van der Waals surface area contributed by atoms with Crippen molar-refractivity contribution >= 4 is 16.5 Å². The maximum Gasteiger partial charge on any atom is 0.159 e. The molecular weight excluding hydrogens is 378 g/mol. The Morgan fingerprint density at radius 2 is 1.97 bits per heavy atom. The Morgan fingerprint density at radius 1 is 1.10 bits per heavy atom. The summed E-state index contributed by atoms with van der Waals surface area (Å²) < 4.78 is 0. The van der Waals surface area contributed by atoms with E-state index in [0.717, 1.165) is 71.4 Å². The Balaban J connectivity index is 0.00000106. The molecule has 7 heteroatoms. The normalized spacial score (nSPS) is 13.2. The number of aromatic hydroxyl groups is 1. The monoisotopic (exact) mass is 403 g/mol. The molecule has 0 aliphatic carbocycles. The number of fused-ring (bicyclic) bond motifs is 1. The van der Waals surface area contributed by atoms with Crippen LogP contribution in [0.1, 0.15) is 18.2 Å². The zero-order valence-corrected chi connectivity index (χ0v) is 17.0. The fourth-order valence-corrected chi connectivity index (χ4v) is 3.81. The Bertz CT molecular complexity index is 1210. The lowest BCUT2D eigenvalue weighted by Gasteiger charge is -2.09. The quantitative estimate of drug-likeness (QED) is 0.358. The lowest BCUT2D eigenvalue weighted by atomic mass is 9.97. The number of aromatic amines is 2. The molecule has 1 aliphatic rings. The molecule has 0 bridgehead atoms. The second-order valence-corrected chi connectivity index (χ2v) is 7.03. The van der Waals surface area contributed by atoms with Crippen LogP contribution in [0.4, 0.5) is 0 Å². The number of nitrogens with zero attached hydrogens (tertiary/aromatic N) is 2. The molecule has 0 atom stereocenters. The van der Waals surface area contributed by atoms with Crippen molar-refractivity contribution in [2.45, 2.75) is 13.3 Å². The van der Waals surface area contributed by atoms with E-state index >= 15 is 0 Å². The summed E-state index contributed by atoms with van der Waals surface area (Å²) in [4.78, 5) is 7.93. The van der Waals surface area contributed by atoms with Crippen molar-refractivity contribution in [1.29, 1.82) is 0 Å². The van der Waals surface area contributed by atoms with Crippen molar-refractivity contribution < 1.29 is 10.2 Å². The van der Waals surface area contributed by atoms with Crippen LogP contribution in [0.5, 0.6) is 5.75 Å². The number of rotatable bonds is 4. The summed E-state index contributed by atoms with van der Waals surface area (Å²) in [5.74, 6) is 1.06. The van der Waals surface area contributed by atoms with Gasteiger partial charge in [0, 0.05) is 25.6 Å². The molecule has 0 saturated heterocycles. The average Bonchev–Trinajstić information content (AvgIpc) is 3.54. The second kappa shape index (κ2) is 8.52. The molecular formula is C23H25N5O2. The molecule has 154 valence electrons. The first-order valence-corrected chi connectivity index (χ1v) is 9.93. The van der Waals surface area contributed by atoms with Crippen LogP contribution in [-0.4, -0.2) is 50.6 Å². The molecule has 1 aliphatic heterocycles. The zero-order valence-electron chi connectivity index (χ0n) is 17.0. The third kappa shape index (κ3) is 3.60. The van der Waals surface area contributed by atoms with Gasteiger partial charge in [0.05, 0.1) is 17.4 Å². The van der Waals surface area contributed by atoms with E-state index in [-0.39, 0.29) is 0 Å². The SMILES string of the molecule is CCc1cc(O)ccc1-c1ccc2c(-c3ncc(C4=CCNC4)[nH]3)n[nH]c2c1.CO.